The van der Waals surface area contributed by atoms with Crippen LogP contribution in [0.1, 0.15) is 38.2 Å². The van der Waals surface area contributed by atoms with Gasteiger partial charge in [0, 0.05) is 54.5 Å². The minimum atomic E-state index is -0.906. The van der Waals surface area contributed by atoms with Crippen LogP contribution < -0.4 is 9.47 Å². The minimum absolute atomic E-state index is 0.329. The molecule has 1 spiro atoms. The molecular weight excluding hydrogens is 460 g/mol. The number of rotatable bonds is 7. The van der Waals surface area contributed by atoms with Crippen molar-refractivity contribution in [1.82, 2.24) is 9.80 Å². The van der Waals surface area contributed by atoms with Gasteiger partial charge in [-0.3, -0.25) is 9.80 Å². The molecule has 2 aromatic carbocycles. The van der Waals surface area contributed by atoms with Crippen molar-refractivity contribution in [2.24, 2.45) is 0 Å². The van der Waals surface area contributed by atoms with Gasteiger partial charge in [-0.1, -0.05) is 18.2 Å². The number of benzene rings is 2. The van der Waals surface area contributed by atoms with E-state index in [4.69, 9.17) is 14.2 Å². The van der Waals surface area contributed by atoms with Crippen LogP contribution in [0.25, 0.3) is 10.8 Å². The maximum absolute atomic E-state index is 12.7. The third-order valence-corrected chi connectivity index (χ3v) is 7.39. The van der Waals surface area contributed by atoms with Crippen molar-refractivity contribution in [2.45, 2.75) is 44.8 Å². The van der Waals surface area contributed by atoms with Crippen molar-refractivity contribution >= 4 is 22.8 Å². The number of amides is 1. The first-order valence-corrected chi connectivity index (χ1v) is 12.5. The Bertz CT molecular complexity index is 1240. The zero-order chi connectivity index (χ0) is 25.3. The number of carboxylic acids is 1. The van der Waals surface area contributed by atoms with Gasteiger partial charge in [0.05, 0.1) is 20.3 Å². The summed E-state index contributed by atoms with van der Waals surface area (Å²) in [4.78, 5) is 28.0. The lowest BCUT2D eigenvalue weighted by atomic mass is 9.90. The van der Waals surface area contributed by atoms with Crippen LogP contribution >= 0.6 is 0 Å². The average molecular weight is 493 g/mol. The predicted octanol–water partition coefficient (Wildman–Crippen LogP) is 4.72. The first kappa shape index (κ1) is 24.2. The maximum atomic E-state index is 12.7. The lowest BCUT2D eigenvalue weighted by Crippen LogP contribution is -2.46. The highest BCUT2D eigenvalue weighted by Gasteiger charge is 2.48. The molecule has 0 saturated carbocycles. The average Bonchev–Trinajstić information content (AvgIpc) is 3.21. The largest absolute Gasteiger partial charge is 0.496 e. The fraction of sp³-hybridized carbons (Fsp3) is 0.429. The fourth-order valence-corrected chi connectivity index (χ4v) is 5.44. The van der Waals surface area contributed by atoms with E-state index < -0.39 is 11.6 Å². The number of likely N-dealkylation sites (tertiary alicyclic amines) is 1. The number of hydrogen-bond acceptors (Lipinski definition) is 6. The Balaban J connectivity index is 1.27. The number of fused-ring (bicyclic) bond motifs is 1. The molecule has 2 saturated heterocycles. The Morgan fingerprint density at radius 3 is 2.58 bits per heavy atom. The standard InChI is InChI=1S/C28H32N2O6/c1-3-35-25-16-19(15-23-22(25)5-4-6-24(23)34-2)17-29-13-11-28(12-14-29)18-30(27(33)36-28)21-9-7-20(8-10-21)26(31)32/h4-7,9,15-16H,3,8,10-14,17-18H2,1-2H3,(H,31,32). The molecule has 0 unspecified atom stereocenters. The Morgan fingerprint density at radius 2 is 1.92 bits per heavy atom. The summed E-state index contributed by atoms with van der Waals surface area (Å²) in [6.45, 7) is 5.50. The van der Waals surface area contributed by atoms with E-state index in [1.807, 2.05) is 19.1 Å². The lowest BCUT2D eigenvalue weighted by Gasteiger charge is -2.37. The van der Waals surface area contributed by atoms with Gasteiger partial charge >= 0.3 is 12.1 Å². The van der Waals surface area contributed by atoms with Crippen molar-refractivity contribution in [2.75, 3.05) is 33.4 Å². The summed E-state index contributed by atoms with van der Waals surface area (Å²) in [5.74, 6) is 0.781. The van der Waals surface area contributed by atoms with E-state index in [0.29, 0.717) is 31.6 Å². The Labute approximate surface area is 210 Å². The molecule has 8 nitrogen and oxygen atoms in total. The molecule has 1 amide bonds. The lowest BCUT2D eigenvalue weighted by molar-refractivity contribution is -0.132. The van der Waals surface area contributed by atoms with Crippen molar-refractivity contribution in [3.8, 4) is 11.5 Å². The zero-order valence-electron chi connectivity index (χ0n) is 20.8. The first-order chi connectivity index (χ1) is 17.4. The van der Waals surface area contributed by atoms with E-state index in [9.17, 15) is 14.7 Å². The van der Waals surface area contributed by atoms with E-state index >= 15 is 0 Å². The number of ether oxygens (including phenoxy) is 3. The molecule has 1 N–H and O–H groups in total. The highest BCUT2D eigenvalue weighted by atomic mass is 16.6. The topological polar surface area (TPSA) is 88.5 Å². The number of carbonyl (C=O) groups is 2. The highest BCUT2D eigenvalue weighted by Crippen LogP contribution is 2.38. The van der Waals surface area contributed by atoms with Crippen LogP contribution in [0.4, 0.5) is 4.79 Å². The van der Waals surface area contributed by atoms with Crippen LogP contribution in [-0.4, -0.2) is 65.9 Å². The highest BCUT2D eigenvalue weighted by molar-refractivity contribution is 5.93. The molecule has 0 atom stereocenters. The van der Waals surface area contributed by atoms with Gasteiger partial charge in [-0.2, -0.15) is 0 Å². The van der Waals surface area contributed by atoms with Gasteiger partial charge < -0.3 is 19.3 Å². The minimum Gasteiger partial charge on any atom is -0.496 e. The summed E-state index contributed by atoms with van der Waals surface area (Å²) in [5, 5.41) is 11.2. The van der Waals surface area contributed by atoms with Crippen LogP contribution in [0.2, 0.25) is 0 Å². The third kappa shape index (κ3) is 4.65. The summed E-state index contributed by atoms with van der Waals surface area (Å²) < 4.78 is 17.5. The monoisotopic (exact) mass is 492 g/mol. The fourth-order valence-electron chi connectivity index (χ4n) is 5.44. The second-order valence-corrected chi connectivity index (χ2v) is 9.65. The molecule has 2 heterocycles. The Kier molecular flexibility index (Phi) is 6.62. The SMILES string of the molecule is CCOc1cc(CN2CCC3(CC2)CN(C2=CC=C(C(=O)O)CC2)C(=O)O3)cc2c(OC)cccc12. The summed E-state index contributed by atoms with van der Waals surface area (Å²) in [7, 11) is 1.68. The van der Waals surface area contributed by atoms with Crippen LogP contribution in [0.15, 0.2) is 53.8 Å². The number of aliphatic carboxylic acids is 1. The van der Waals surface area contributed by atoms with E-state index in [1.165, 1.54) is 0 Å². The molecule has 8 heteroatoms. The molecule has 0 bridgehead atoms. The predicted molar refractivity (Wildman–Crippen MR) is 135 cm³/mol. The molecule has 3 aliphatic rings. The first-order valence-electron chi connectivity index (χ1n) is 12.5. The number of methoxy groups -OCH3 is 1. The number of carbonyl (C=O) groups excluding carboxylic acids is 1. The molecule has 190 valence electrons. The molecule has 2 fully saturated rings. The van der Waals surface area contributed by atoms with E-state index in [-0.39, 0.29) is 6.09 Å². The zero-order valence-corrected chi connectivity index (χ0v) is 20.8. The smallest absolute Gasteiger partial charge is 0.414 e. The van der Waals surface area contributed by atoms with Gasteiger partial charge in [-0.25, -0.2) is 9.59 Å². The summed E-state index contributed by atoms with van der Waals surface area (Å²) in [5.41, 5.74) is 1.87. The second kappa shape index (κ2) is 9.85. The molecule has 36 heavy (non-hydrogen) atoms. The number of nitrogens with zero attached hydrogens (tertiary/aromatic N) is 2. The van der Waals surface area contributed by atoms with Crippen molar-refractivity contribution in [1.29, 1.82) is 0 Å². The Morgan fingerprint density at radius 1 is 1.11 bits per heavy atom. The van der Waals surface area contributed by atoms with Crippen molar-refractivity contribution in [3.63, 3.8) is 0 Å². The molecule has 1 aliphatic carbocycles. The van der Waals surface area contributed by atoms with Crippen LogP contribution in [0, 0.1) is 0 Å². The molecule has 2 aromatic rings. The van der Waals surface area contributed by atoms with Gasteiger partial charge in [-0.05, 0) is 49.6 Å². The van der Waals surface area contributed by atoms with Gasteiger partial charge in [0.25, 0.3) is 0 Å². The normalized spacial score (nSPS) is 19.7. The molecule has 2 aliphatic heterocycles. The molecule has 5 rings (SSSR count). The van der Waals surface area contributed by atoms with Gasteiger partial charge in [-0.15, -0.1) is 0 Å². The number of allylic oxidation sites excluding steroid dienone is 3. The van der Waals surface area contributed by atoms with Crippen molar-refractivity contribution < 1.29 is 28.9 Å². The van der Waals surface area contributed by atoms with E-state index in [0.717, 1.165) is 66.0 Å². The third-order valence-electron chi connectivity index (χ3n) is 7.39. The van der Waals surface area contributed by atoms with Crippen LogP contribution in [0.5, 0.6) is 11.5 Å². The quantitative estimate of drug-likeness (QED) is 0.598. The van der Waals surface area contributed by atoms with Crippen molar-refractivity contribution in [3.05, 3.63) is 59.3 Å². The number of hydrogen-bond donors (Lipinski definition) is 1. The molecular formula is C28H32N2O6. The molecule has 0 aromatic heterocycles. The van der Waals surface area contributed by atoms with Gasteiger partial charge in [0.15, 0.2) is 0 Å². The molecule has 0 radical (unpaired) electrons. The number of piperidine rings is 1. The Hall–Kier alpha value is -3.52. The second-order valence-electron chi connectivity index (χ2n) is 9.65. The summed E-state index contributed by atoms with van der Waals surface area (Å²) in [6.07, 6.45) is 5.48. The van der Waals surface area contributed by atoms with Gasteiger partial charge in [0.1, 0.15) is 17.1 Å². The van der Waals surface area contributed by atoms with E-state index in [1.54, 1.807) is 24.2 Å². The van der Waals surface area contributed by atoms with Gasteiger partial charge in [0.2, 0.25) is 0 Å². The summed E-state index contributed by atoms with van der Waals surface area (Å²) in [6, 6.07) is 10.3. The van der Waals surface area contributed by atoms with E-state index in [2.05, 4.69) is 23.1 Å². The van der Waals surface area contributed by atoms with Crippen LogP contribution in [-0.2, 0) is 16.1 Å². The van der Waals surface area contributed by atoms with Crippen LogP contribution in [0.3, 0.4) is 0 Å². The summed E-state index contributed by atoms with van der Waals surface area (Å²) >= 11 is 0. The number of carboxylic acid groups (broad SMARTS) is 1. The maximum Gasteiger partial charge on any atom is 0.414 e.